The van der Waals surface area contributed by atoms with Gasteiger partial charge in [-0.2, -0.15) is 0 Å². The van der Waals surface area contributed by atoms with Crippen molar-refractivity contribution in [1.82, 2.24) is 5.32 Å². The van der Waals surface area contributed by atoms with E-state index >= 15 is 0 Å². The number of nitrogens with two attached hydrogens (primary N) is 1. The molecule has 0 spiro atoms. The van der Waals surface area contributed by atoms with Crippen LogP contribution in [0.4, 0.5) is 5.69 Å². The van der Waals surface area contributed by atoms with Crippen LogP contribution in [0.2, 0.25) is 0 Å². The molecule has 1 aromatic rings. The number of carbonyl (C=O) groups excluding carboxylic acids is 2. The van der Waals surface area contributed by atoms with Gasteiger partial charge in [-0.3, -0.25) is 14.5 Å². The molecular weight excluding hydrogens is 330 g/mol. The third kappa shape index (κ3) is 4.85. The Labute approximate surface area is 149 Å². The minimum absolute atomic E-state index is 0. The van der Waals surface area contributed by atoms with Crippen LogP contribution in [0.1, 0.15) is 27.2 Å². The molecule has 2 amide bonds. The van der Waals surface area contributed by atoms with Crippen molar-refractivity contribution in [2.24, 2.45) is 11.7 Å². The summed E-state index contributed by atoms with van der Waals surface area (Å²) in [6, 6.07) is 7.15. The molecule has 0 fully saturated rings. The average Bonchev–Trinajstić information content (AvgIpc) is 2.50. The van der Waals surface area contributed by atoms with E-state index in [0.29, 0.717) is 23.9 Å². The molecule has 24 heavy (non-hydrogen) atoms. The molecule has 0 radical (unpaired) electrons. The van der Waals surface area contributed by atoms with Crippen LogP contribution >= 0.6 is 12.4 Å². The van der Waals surface area contributed by atoms with E-state index in [9.17, 15) is 9.59 Å². The molecule has 0 aliphatic carbocycles. The summed E-state index contributed by atoms with van der Waals surface area (Å²) in [4.78, 5) is 26.1. The van der Waals surface area contributed by atoms with Gasteiger partial charge in [-0.1, -0.05) is 26.0 Å². The zero-order chi connectivity index (χ0) is 17.0. The quantitative estimate of drug-likeness (QED) is 0.813. The summed E-state index contributed by atoms with van der Waals surface area (Å²) in [6.45, 7) is 6.20. The number of hydrogen-bond acceptors (Lipinski definition) is 4. The van der Waals surface area contributed by atoms with Crippen LogP contribution in [-0.4, -0.2) is 37.0 Å². The third-order valence-electron chi connectivity index (χ3n) is 3.78. The first kappa shape index (κ1) is 20.3. The Morgan fingerprint density at radius 3 is 2.67 bits per heavy atom. The summed E-state index contributed by atoms with van der Waals surface area (Å²) in [5.74, 6) is 0.630. The first-order valence-electron chi connectivity index (χ1n) is 7.98. The van der Waals surface area contributed by atoms with Crippen molar-refractivity contribution in [2.45, 2.75) is 39.3 Å². The normalized spacial score (nSPS) is 17.6. The fraction of sp³-hybridized carbons (Fsp3) is 0.529. The second-order valence-electron chi connectivity index (χ2n) is 6.28. The predicted molar refractivity (Wildman–Crippen MR) is 96.6 cm³/mol. The fourth-order valence-electron chi connectivity index (χ4n) is 2.72. The Morgan fingerprint density at radius 1 is 1.38 bits per heavy atom. The van der Waals surface area contributed by atoms with Crippen LogP contribution in [0.15, 0.2) is 24.3 Å². The summed E-state index contributed by atoms with van der Waals surface area (Å²) in [6.07, 6.45) is 0.213. The minimum Gasteiger partial charge on any atom is -0.479 e. The predicted octanol–water partition coefficient (Wildman–Crippen LogP) is 1.71. The SMILES string of the molecule is CC(C)CC(CN)NC(=O)CN1C(=O)C(C)Oc2ccccc21.Cl. The molecule has 0 aromatic heterocycles. The van der Waals surface area contributed by atoms with Gasteiger partial charge >= 0.3 is 0 Å². The molecule has 2 rings (SSSR count). The van der Waals surface area contributed by atoms with Gasteiger partial charge in [-0.05, 0) is 31.4 Å². The number of rotatable bonds is 6. The number of ether oxygens (including phenoxy) is 1. The standard InChI is InChI=1S/C17H25N3O3.ClH/c1-11(2)8-13(9-18)19-16(21)10-20-14-6-4-5-7-15(14)23-12(3)17(20)22;/h4-7,11-13H,8-10,18H2,1-3H3,(H,19,21);1H. The number of fused-ring (bicyclic) bond motifs is 1. The van der Waals surface area contributed by atoms with Crippen molar-refractivity contribution < 1.29 is 14.3 Å². The number of hydrogen-bond donors (Lipinski definition) is 2. The monoisotopic (exact) mass is 355 g/mol. The van der Waals surface area contributed by atoms with Crippen molar-refractivity contribution in [3.8, 4) is 5.75 Å². The van der Waals surface area contributed by atoms with E-state index in [1.807, 2.05) is 12.1 Å². The molecule has 0 saturated heterocycles. The summed E-state index contributed by atoms with van der Waals surface area (Å²) in [5, 5.41) is 2.91. The van der Waals surface area contributed by atoms with Gasteiger partial charge in [0.25, 0.3) is 5.91 Å². The Balaban J connectivity index is 0.00000288. The average molecular weight is 356 g/mol. The molecule has 7 heteroatoms. The van der Waals surface area contributed by atoms with E-state index < -0.39 is 6.10 Å². The van der Waals surface area contributed by atoms with Crippen LogP contribution in [0.25, 0.3) is 0 Å². The number of anilines is 1. The molecule has 6 nitrogen and oxygen atoms in total. The van der Waals surface area contributed by atoms with E-state index in [0.717, 1.165) is 6.42 Å². The highest BCUT2D eigenvalue weighted by molar-refractivity contribution is 6.03. The maximum atomic E-state index is 12.4. The Kier molecular flexibility index (Phi) is 7.51. The van der Waals surface area contributed by atoms with Crippen molar-refractivity contribution in [1.29, 1.82) is 0 Å². The molecule has 134 valence electrons. The number of nitrogens with zero attached hydrogens (tertiary/aromatic N) is 1. The lowest BCUT2D eigenvalue weighted by Crippen LogP contribution is -2.51. The van der Waals surface area contributed by atoms with Gasteiger partial charge < -0.3 is 15.8 Å². The third-order valence-corrected chi connectivity index (χ3v) is 3.78. The summed E-state index contributed by atoms with van der Waals surface area (Å²) >= 11 is 0. The summed E-state index contributed by atoms with van der Waals surface area (Å²) in [5.41, 5.74) is 6.34. The highest BCUT2D eigenvalue weighted by Gasteiger charge is 2.32. The number of carbonyl (C=O) groups is 2. The Morgan fingerprint density at radius 2 is 2.04 bits per heavy atom. The maximum Gasteiger partial charge on any atom is 0.268 e. The van der Waals surface area contributed by atoms with E-state index in [4.69, 9.17) is 10.5 Å². The van der Waals surface area contributed by atoms with Crippen LogP contribution in [0, 0.1) is 5.92 Å². The summed E-state index contributed by atoms with van der Waals surface area (Å²) in [7, 11) is 0. The Hall–Kier alpha value is -1.79. The van der Waals surface area contributed by atoms with Crippen molar-refractivity contribution in [3.63, 3.8) is 0 Å². The van der Waals surface area contributed by atoms with Gasteiger partial charge in [0.1, 0.15) is 12.3 Å². The van der Waals surface area contributed by atoms with Crippen molar-refractivity contribution >= 4 is 29.9 Å². The molecule has 1 aliphatic heterocycles. The van der Waals surface area contributed by atoms with Gasteiger partial charge in [0.15, 0.2) is 6.10 Å². The molecule has 1 heterocycles. The van der Waals surface area contributed by atoms with Gasteiger partial charge in [-0.15, -0.1) is 12.4 Å². The highest BCUT2D eigenvalue weighted by atomic mass is 35.5. The van der Waals surface area contributed by atoms with Crippen LogP contribution in [0.5, 0.6) is 5.75 Å². The number of amides is 2. The number of benzene rings is 1. The first-order chi connectivity index (χ1) is 10.9. The smallest absolute Gasteiger partial charge is 0.268 e. The topological polar surface area (TPSA) is 84.7 Å². The fourth-order valence-corrected chi connectivity index (χ4v) is 2.72. The lowest BCUT2D eigenvalue weighted by molar-refractivity contribution is -0.128. The number of halogens is 1. The van der Waals surface area contributed by atoms with E-state index in [-0.39, 0.29) is 36.8 Å². The van der Waals surface area contributed by atoms with Gasteiger partial charge in [0.05, 0.1) is 5.69 Å². The van der Waals surface area contributed by atoms with Gasteiger partial charge in [0.2, 0.25) is 5.91 Å². The van der Waals surface area contributed by atoms with Crippen molar-refractivity contribution in [3.05, 3.63) is 24.3 Å². The molecule has 3 N–H and O–H groups in total. The number of nitrogens with one attached hydrogen (secondary N) is 1. The lowest BCUT2D eigenvalue weighted by Gasteiger charge is -2.32. The molecule has 0 saturated carbocycles. The maximum absolute atomic E-state index is 12.4. The van der Waals surface area contributed by atoms with E-state index in [1.165, 1.54) is 4.90 Å². The van der Waals surface area contributed by atoms with E-state index in [2.05, 4.69) is 19.2 Å². The molecule has 1 aliphatic rings. The molecule has 1 aromatic carbocycles. The minimum atomic E-state index is -0.598. The summed E-state index contributed by atoms with van der Waals surface area (Å²) < 4.78 is 5.57. The van der Waals surface area contributed by atoms with Crippen LogP contribution in [-0.2, 0) is 9.59 Å². The first-order valence-corrected chi connectivity index (χ1v) is 7.98. The van der Waals surface area contributed by atoms with E-state index in [1.54, 1.807) is 19.1 Å². The van der Waals surface area contributed by atoms with Crippen molar-refractivity contribution in [2.75, 3.05) is 18.0 Å². The largest absolute Gasteiger partial charge is 0.479 e. The zero-order valence-electron chi connectivity index (χ0n) is 14.3. The second-order valence-corrected chi connectivity index (χ2v) is 6.28. The zero-order valence-corrected chi connectivity index (χ0v) is 15.1. The second kappa shape index (κ2) is 8.89. The number of para-hydroxylation sites is 2. The van der Waals surface area contributed by atoms with Crippen LogP contribution in [0.3, 0.4) is 0 Å². The van der Waals surface area contributed by atoms with Crippen LogP contribution < -0.4 is 20.7 Å². The van der Waals surface area contributed by atoms with Gasteiger partial charge in [0, 0.05) is 12.6 Å². The molecule has 2 unspecified atom stereocenters. The highest BCUT2D eigenvalue weighted by Crippen LogP contribution is 2.33. The molecular formula is C17H26ClN3O3. The molecule has 2 atom stereocenters. The van der Waals surface area contributed by atoms with Gasteiger partial charge in [-0.25, -0.2) is 0 Å². The Bertz CT molecular complexity index is 580. The molecule has 0 bridgehead atoms. The lowest BCUT2D eigenvalue weighted by atomic mass is 10.0.